The first kappa shape index (κ1) is 20.7. The Bertz CT molecular complexity index is 1250. The van der Waals surface area contributed by atoms with Crippen LogP contribution in [-0.4, -0.2) is 32.5 Å². The summed E-state index contributed by atoms with van der Waals surface area (Å²) in [5, 5.41) is 12.9. The van der Waals surface area contributed by atoms with Crippen LogP contribution in [0.15, 0.2) is 39.5 Å². The molecule has 0 aliphatic carbocycles. The molecule has 4 aromatic rings. The average Bonchev–Trinajstić information content (AvgIpc) is 3.32. The minimum absolute atomic E-state index is 0.0491. The summed E-state index contributed by atoms with van der Waals surface area (Å²) in [7, 11) is 0. The first-order valence-corrected chi connectivity index (χ1v) is 11.9. The number of aromatic nitrogens is 4. The van der Waals surface area contributed by atoms with Crippen molar-refractivity contribution in [1.82, 2.24) is 20.2 Å². The second-order valence-electron chi connectivity index (χ2n) is 6.63. The number of fused-ring (bicyclic) bond motifs is 1. The van der Waals surface area contributed by atoms with Gasteiger partial charge in [0.15, 0.2) is 10.1 Å². The molecule has 0 radical (unpaired) electrons. The molecule has 7 nitrogen and oxygen atoms in total. The molecular formula is C20H19N5O2S3. The van der Waals surface area contributed by atoms with Gasteiger partial charge in [-0.2, -0.15) is 0 Å². The summed E-state index contributed by atoms with van der Waals surface area (Å²) in [6.45, 7) is 4.07. The Morgan fingerprint density at radius 3 is 2.77 bits per heavy atom. The number of thiophene rings is 1. The number of ketones is 1. The molecule has 4 rings (SSSR count). The minimum Gasteiger partial charge on any atom is -0.360 e. The number of nitrogens with one attached hydrogen (secondary N) is 2. The van der Waals surface area contributed by atoms with Gasteiger partial charge in [0.05, 0.1) is 16.0 Å². The summed E-state index contributed by atoms with van der Waals surface area (Å²) >= 11 is 4.21. The van der Waals surface area contributed by atoms with Crippen LogP contribution in [-0.2, 0) is 12.2 Å². The van der Waals surface area contributed by atoms with Gasteiger partial charge in [0.2, 0.25) is 5.13 Å². The lowest BCUT2D eigenvalue weighted by Gasteiger charge is -2.01. The highest BCUT2D eigenvalue weighted by molar-refractivity contribution is 8.00. The number of aromatic amines is 1. The fourth-order valence-electron chi connectivity index (χ4n) is 3.02. The maximum atomic E-state index is 12.5. The van der Waals surface area contributed by atoms with Crippen LogP contribution in [0.2, 0.25) is 0 Å². The molecule has 3 aromatic heterocycles. The second kappa shape index (κ2) is 9.07. The van der Waals surface area contributed by atoms with Crippen molar-refractivity contribution in [2.24, 2.45) is 0 Å². The Morgan fingerprint density at radius 2 is 2.00 bits per heavy atom. The van der Waals surface area contributed by atoms with E-state index in [1.165, 1.54) is 46.9 Å². The Morgan fingerprint density at radius 1 is 1.20 bits per heavy atom. The molecule has 3 heterocycles. The van der Waals surface area contributed by atoms with Gasteiger partial charge in [-0.25, -0.2) is 4.98 Å². The highest BCUT2D eigenvalue weighted by atomic mass is 32.2. The number of anilines is 1. The van der Waals surface area contributed by atoms with Gasteiger partial charge >= 0.3 is 0 Å². The van der Waals surface area contributed by atoms with Gasteiger partial charge in [0, 0.05) is 6.54 Å². The first-order valence-electron chi connectivity index (χ1n) is 9.28. The van der Waals surface area contributed by atoms with Crippen LogP contribution in [0.3, 0.4) is 0 Å². The Balaban J connectivity index is 1.38. The van der Waals surface area contributed by atoms with E-state index in [2.05, 4.69) is 37.6 Å². The van der Waals surface area contributed by atoms with Crippen molar-refractivity contribution in [2.75, 3.05) is 11.9 Å². The van der Waals surface area contributed by atoms with E-state index >= 15 is 0 Å². The fraction of sp³-hybridized carbons (Fsp3) is 0.250. The molecule has 10 heteroatoms. The number of carbonyl (C=O) groups excluding carboxylic acids is 1. The lowest BCUT2D eigenvalue weighted by Crippen LogP contribution is -2.11. The van der Waals surface area contributed by atoms with E-state index in [1.807, 2.05) is 18.2 Å². The molecule has 0 unspecified atom stereocenters. The van der Waals surface area contributed by atoms with E-state index < -0.39 is 0 Å². The predicted molar refractivity (Wildman–Crippen MR) is 123 cm³/mol. The SMILES string of the molecule is CC(=O)c1sc2nc(CSc3nnc(NCCc4ccccc4)s3)[nH]c(=O)c2c1C. The van der Waals surface area contributed by atoms with Crippen LogP contribution in [0.4, 0.5) is 5.13 Å². The third-order valence-corrected chi connectivity index (χ3v) is 7.75. The van der Waals surface area contributed by atoms with Crippen molar-refractivity contribution in [3.63, 3.8) is 0 Å². The molecule has 0 atom stereocenters. The zero-order valence-electron chi connectivity index (χ0n) is 16.4. The van der Waals surface area contributed by atoms with Crippen molar-refractivity contribution >= 4 is 55.6 Å². The van der Waals surface area contributed by atoms with E-state index in [0.717, 1.165) is 22.4 Å². The normalized spacial score (nSPS) is 11.1. The van der Waals surface area contributed by atoms with Gasteiger partial charge < -0.3 is 10.3 Å². The van der Waals surface area contributed by atoms with Gasteiger partial charge in [-0.3, -0.25) is 9.59 Å². The molecule has 1 aromatic carbocycles. The van der Waals surface area contributed by atoms with Gasteiger partial charge in [0.1, 0.15) is 10.7 Å². The lowest BCUT2D eigenvalue weighted by atomic mass is 10.2. The van der Waals surface area contributed by atoms with Crippen molar-refractivity contribution in [2.45, 2.75) is 30.4 Å². The summed E-state index contributed by atoms with van der Waals surface area (Å²) in [4.78, 5) is 32.7. The Labute approximate surface area is 185 Å². The molecule has 0 fully saturated rings. The molecular weight excluding hydrogens is 438 g/mol. The second-order valence-corrected chi connectivity index (χ2v) is 9.83. The van der Waals surface area contributed by atoms with E-state index in [1.54, 1.807) is 6.92 Å². The smallest absolute Gasteiger partial charge is 0.259 e. The topological polar surface area (TPSA) is 101 Å². The highest BCUT2D eigenvalue weighted by Gasteiger charge is 2.17. The summed E-state index contributed by atoms with van der Waals surface area (Å²) < 4.78 is 0.798. The summed E-state index contributed by atoms with van der Waals surface area (Å²) in [5.41, 5.74) is 1.76. The van der Waals surface area contributed by atoms with Crippen molar-refractivity contribution in [1.29, 1.82) is 0 Å². The van der Waals surface area contributed by atoms with Crippen molar-refractivity contribution < 1.29 is 4.79 Å². The number of hydrogen-bond acceptors (Lipinski definition) is 9. The third kappa shape index (κ3) is 4.61. The third-order valence-electron chi connectivity index (χ3n) is 4.44. The van der Waals surface area contributed by atoms with E-state index in [0.29, 0.717) is 32.2 Å². The molecule has 0 bridgehead atoms. The zero-order chi connectivity index (χ0) is 21.1. The average molecular weight is 458 g/mol. The van der Waals surface area contributed by atoms with Gasteiger partial charge in [-0.1, -0.05) is 53.4 Å². The number of thioether (sulfide) groups is 1. The van der Waals surface area contributed by atoms with Crippen LogP contribution < -0.4 is 10.9 Å². The van der Waals surface area contributed by atoms with Crippen LogP contribution in [0, 0.1) is 6.92 Å². The highest BCUT2D eigenvalue weighted by Crippen LogP contribution is 2.30. The van der Waals surface area contributed by atoms with Crippen LogP contribution in [0.1, 0.15) is 33.5 Å². The van der Waals surface area contributed by atoms with Crippen LogP contribution in [0.5, 0.6) is 0 Å². The summed E-state index contributed by atoms with van der Waals surface area (Å²) in [5.74, 6) is 0.977. The Kier molecular flexibility index (Phi) is 6.26. The molecule has 0 spiro atoms. The van der Waals surface area contributed by atoms with Crippen LogP contribution in [0.25, 0.3) is 10.2 Å². The number of carbonyl (C=O) groups is 1. The molecule has 0 saturated carbocycles. The number of aryl methyl sites for hydroxylation is 1. The predicted octanol–water partition coefficient (Wildman–Crippen LogP) is 4.29. The molecule has 154 valence electrons. The van der Waals surface area contributed by atoms with Crippen molar-refractivity contribution in [3.8, 4) is 0 Å². The van der Waals surface area contributed by atoms with Crippen LogP contribution >= 0.6 is 34.4 Å². The number of nitrogens with zero attached hydrogens (tertiary/aromatic N) is 3. The quantitative estimate of drug-likeness (QED) is 0.301. The summed E-state index contributed by atoms with van der Waals surface area (Å²) in [6.07, 6.45) is 0.913. The number of rotatable bonds is 8. The van der Waals surface area contributed by atoms with Gasteiger partial charge in [0.25, 0.3) is 5.56 Å². The summed E-state index contributed by atoms with van der Waals surface area (Å²) in [6, 6.07) is 10.3. The maximum absolute atomic E-state index is 12.5. The standard InChI is InChI=1S/C20H19N5O2S3/c1-11-15-17(27)22-14(23-18(15)29-16(11)12(2)26)10-28-20-25-24-19(30-20)21-9-8-13-6-4-3-5-7-13/h3-7H,8-10H2,1-2H3,(H,21,24)(H,22,23,27). The maximum Gasteiger partial charge on any atom is 0.259 e. The van der Waals surface area contributed by atoms with Gasteiger partial charge in [-0.15, -0.1) is 21.5 Å². The largest absolute Gasteiger partial charge is 0.360 e. The number of hydrogen-bond donors (Lipinski definition) is 2. The van der Waals surface area contributed by atoms with Gasteiger partial charge in [-0.05, 0) is 31.4 Å². The first-order chi connectivity index (χ1) is 14.5. The number of Topliss-reactive ketones (excluding diaryl/α,β-unsaturated/α-hetero) is 1. The lowest BCUT2D eigenvalue weighted by molar-refractivity contribution is 0.102. The van der Waals surface area contributed by atoms with E-state index in [9.17, 15) is 9.59 Å². The molecule has 2 N–H and O–H groups in total. The van der Waals surface area contributed by atoms with Crippen molar-refractivity contribution in [3.05, 3.63) is 62.5 Å². The molecule has 0 saturated heterocycles. The monoisotopic (exact) mass is 457 g/mol. The zero-order valence-corrected chi connectivity index (χ0v) is 18.8. The van der Waals surface area contributed by atoms with E-state index in [4.69, 9.17) is 0 Å². The van der Waals surface area contributed by atoms with E-state index in [-0.39, 0.29) is 11.3 Å². The molecule has 0 aliphatic heterocycles. The fourth-order valence-corrected chi connectivity index (χ4v) is 5.76. The molecule has 0 aliphatic rings. The molecule has 0 amide bonds. The number of benzene rings is 1. The minimum atomic E-state index is -0.211. The molecule has 30 heavy (non-hydrogen) atoms. The number of H-pyrrole nitrogens is 1. The Hall–Kier alpha value is -2.56.